The van der Waals surface area contributed by atoms with Gasteiger partial charge in [-0.25, -0.2) is 9.78 Å². The van der Waals surface area contributed by atoms with Gasteiger partial charge >= 0.3 is 19.4 Å². The van der Waals surface area contributed by atoms with Crippen LogP contribution in [-0.4, -0.2) is 88.2 Å². The zero-order chi connectivity index (χ0) is 43.5. The molecule has 5 fully saturated rings. The first-order valence-electron chi connectivity index (χ1n) is 21.3. The highest BCUT2D eigenvalue weighted by molar-refractivity contribution is 6.47. The number of amides is 3. The van der Waals surface area contributed by atoms with Crippen molar-refractivity contribution in [2.24, 2.45) is 17.3 Å². The molecule has 17 heteroatoms. The Labute approximate surface area is 353 Å². The Kier molecular flexibility index (Phi) is 11.3. The first-order chi connectivity index (χ1) is 28.9. The molecule has 0 radical (unpaired) electrons. The van der Waals surface area contributed by atoms with Gasteiger partial charge in [-0.1, -0.05) is 70.2 Å². The van der Waals surface area contributed by atoms with Gasteiger partial charge in [0.1, 0.15) is 24.2 Å². The summed E-state index contributed by atoms with van der Waals surface area (Å²) >= 11 is 0. The van der Waals surface area contributed by atoms with Crippen molar-refractivity contribution in [1.29, 1.82) is 0 Å². The average molecular weight is 847 g/mol. The van der Waals surface area contributed by atoms with E-state index in [0.717, 1.165) is 30.5 Å². The quantitative estimate of drug-likeness (QED) is 0.219. The van der Waals surface area contributed by atoms with E-state index in [-0.39, 0.29) is 81.1 Å². The van der Waals surface area contributed by atoms with Crippen LogP contribution in [0.2, 0.25) is 0 Å². The van der Waals surface area contributed by atoms with Crippen LogP contribution in [0, 0.1) is 17.3 Å². The van der Waals surface area contributed by atoms with Crippen LogP contribution in [0.15, 0.2) is 65.6 Å². The molecule has 9 rings (SSSR count). The lowest BCUT2D eigenvalue weighted by atomic mass is 9.43. The van der Waals surface area contributed by atoms with Gasteiger partial charge in [-0.15, -0.1) is 0 Å². The Hall–Kier alpha value is -4.90. The molecule has 3 aliphatic carbocycles. The summed E-state index contributed by atoms with van der Waals surface area (Å²) in [4.78, 5) is 63.6. The summed E-state index contributed by atoms with van der Waals surface area (Å²) in [7, 11) is -0.697. The van der Waals surface area contributed by atoms with Crippen molar-refractivity contribution >= 4 is 30.7 Å². The normalized spacial score (nSPS) is 28.0. The number of rotatable bonds is 11. The van der Waals surface area contributed by atoms with E-state index in [2.05, 4.69) is 36.4 Å². The monoisotopic (exact) mass is 846 g/mol. The Morgan fingerprint density at radius 1 is 0.984 bits per heavy atom. The van der Waals surface area contributed by atoms with Crippen LogP contribution in [0.1, 0.15) is 95.3 Å². The molecule has 4 heterocycles. The van der Waals surface area contributed by atoms with Crippen molar-refractivity contribution in [1.82, 2.24) is 24.7 Å². The lowest BCUT2D eigenvalue weighted by Crippen LogP contribution is -2.65. The molecular weight excluding hydrogens is 792 g/mol. The van der Waals surface area contributed by atoms with Gasteiger partial charge in [0.2, 0.25) is 11.8 Å². The van der Waals surface area contributed by atoms with Crippen LogP contribution in [0.25, 0.3) is 0 Å². The number of nitrogens with zero attached hydrogens (tertiary/aromatic N) is 4. The van der Waals surface area contributed by atoms with Crippen LogP contribution in [-0.2, 0) is 48.4 Å². The summed E-state index contributed by atoms with van der Waals surface area (Å²) in [6.45, 7) is 11.5. The van der Waals surface area contributed by atoms with Gasteiger partial charge in [0.15, 0.2) is 0 Å². The molecule has 3 amide bonds. The topological polar surface area (TPSA) is 144 Å². The molecule has 13 nitrogen and oxygen atoms in total. The number of carbonyl (C=O) groups excluding carboxylic acids is 3. The van der Waals surface area contributed by atoms with Gasteiger partial charge in [0, 0.05) is 44.6 Å². The molecule has 2 aromatic carbocycles. The molecular formula is C44H54BF3N6O7. The number of carbonyl (C=O) groups is 3. The van der Waals surface area contributed by atoms with Crippen molar-refractivity contribution in [2.75, 3.05) is 31.5 Å². The highest BCUT2D eigenvalue weighted by atomic mass is 19.4. The molecule has 3 aromatic rings. The third kappa shape index (κ3) is 8.03. The standard InChI is InChI=1S/C44H54BF3N6O7/c1-6-35(45-60-34-21-30-20-33(41(30,2)3)43(34,5)61-45)51-37(56)32-22-42(4,23-36(55)52-15-17-53(18-16-52)40(58)59-26-27-11-8-7-9-12-27)39-50-25-31(38(57)54(32)39)49-24-28-13-10-14-29(19-28)44(46,47)48/h7-14,19,25,30,32-35,49H,6,15-18,20-24,26H2,1-5H3,(H,51,56)/t30-,32-,33-,34+,35-,42+,43-/m0/s1. The number of nitrogens with one attached hydrogen (secondary N) is 2. The number of anilines is 1. The molecule has 0 unspecified atom stereocenters. The lowest BCUT2D eigenvalue weighted by Gasteiger charge is -2.64. The maximum atomic E-state index is 14.5. The molecule has 326 valence electrons. The number of aromatic nitrogens is 2. The van der Waals surface area contributed by atoms with Gasteiger partial charge in [-0.3, -0.25) is 19.0 Å². The molecule has 0 spiro atoms. The van der Waals surface area contributed by atoms with Crippen molar-refractivity contribution in [3.63, 3.8) is 0 Å². The van der Waals surface area contributed by atoms with E-state index in [1.807, 2.05) is 44.2 Å². The third-order valence-corrected chi connectivity index (χ3v) is 14.2. The third-order valence-electron chi connectivity index (χ3n) is 14.2. The second-order valence-electron chi connectivity index (χ2n) is 18.4. The Morgan fingerprint density at radius 2 is 1.69 bits per heavy atom. The fourth-order valence-corrected chi connectivity index (χ4v) is 10.5. The first kappa shape index (κ1) is 42.8. The Bertz CT molecular complexity index is 2220. The van der Waals surface area contributed by atoms with Crippen molar-refractivity contribution in [3.8, 4) is 0 Å². The summed E-state index contributed by atoms with van der Waals surface area (Å²) in [6, 6.07) is 13.1. The van der Waals surface area contributed by atoms with Gasteiger partial charge in [0.25, 0.3) is 5.56 Å². The van der Waals surface area contributed by atoms with E-state index in [1.54, 1.807) is 9.80 Å². The number of alkyl halides is 3. The highest BCUT2D eigenvalue weighted by Crippen LogP contribution is 2.65. The van der Waals surface area contributed by atoms with Crippen LogP contribution >= 0.6 is 0 Å². The lowest BCUT2D eigenvalue weighted by molar-refractivity contribution is -0.199. The average Bonchev–Trinajstić information content (AvgIpc) is 3.75. The van der Waals surface area contributed by atoms with Crippen LogP contribution in [0.3, 0.4) is 0 Å². The maximum absolute atomic E-state index is 14.5. The molecule has 61 heavy (non-hydrogen) atoms. The summed E-state index contributed by atoms with van der Waals surface area (Å²) < 4.78 is 60.4. The van der Waals surface area contributed by atoms with Crippen LogP contribution in [0.4, 0.5) is 23.7 Å². The molecule has 6 aliphatic rings. The van der Waals surface area contributed by atoms with E-state index in [1.165, 1.54) is 22.9 Å². The van der Waals surface area contributed by atoms with Gasteiger partial charge in [0.05, 0.1) is 29.4 Å². The molecule has 3 saturated carbocycles. The van der Waals surface area contributed by atoms with Gasteiger partial charge < -0.3 is 34.5 Å². The molecule has 3 aliphatic heterocycles. The fourth-order valence-electron chi connectivity index (χ4n) is 10.5. The molecule has 2 N–H and O–H groups in total. The minimum absolute atomic E-state index is 0.00193. The number of fused-ring (bicyclic) bond motifs is 1. The number of benzene rings is 2. The van der Waals surface area contributed by atoms with E-state index in [4.69, 9.17) is 14.0 Å². The van der Waals surface area contributed by atoms with E-state index >= 15 is 0 Å². The molecule has 2 bridgehead atoms. The summed E-state index contributed by atoms with van der Waals surface area (Å²) in [5.74, 6) is -0.0873. The van der Waals surface area contributed by atoms with Crippen molar-refractivity contribution in [3.05, 3.63) is 93.7 Å². The van der Waals surface area contributed by atoms with Gasteiger partial charge in [-0.05, 0) is 73.1 Å². The zero-order valence-electron chi connectivity index (χ0n) is 35.3. The Morgan fingerprint density at radius 3 is 2.38 bits per heavy atom. The largest absolute Gasteiger partial charge is 0.481 e. The van der Waals surface area contributed by atoms with E-state index < -0.39 is 59.4 Å². The summed E-state index contributed by atoms with van der Waals surface area (Å²) in [6.07, 6.45) is -1.32. The minimum atomic E-state index is -4.54. The number of hydrogen-bond donors (Lipinski definition) is 2. The summed E-state index contributed by atoms with van der Waals surface area (Å²) in [5, 5.41) is 6.07. The number of hydrogen-bond acceptors (Lipinski definition) is 9. The second-order valence-corrected chi connectivity index (χ2v) is 18.4. The highest BCUT2D eigenvalue weighted by Gasteiger charge is 2.68. The number of halogens is 3. The predicted octanol–water partition coefficient (Wildman–Crippen LogP) is 6.11. The smallest absolute Gasteiger partial charge is 0.445 e. The van der Waals surface area contributed by atoms with Crippen LogP contribution < -0.4 is 16.2 Å². The minimum Gasteiger partial charge on any atom is -0.445 e. The first-order valence-corrected chi connectivity index (χ1v) is 21.3. The molecule has 1 aromatic heterocycles. The summed E-state index contributed by atoms with van der Waals surface area (Å²) in [5.41, 5.74) is -1.65. The SMILES string of the molecule is CC[C@H](NC(=O)[C@@H]1C[C@](C)(CC(=O)N2CCN(C(=O)OCc3ccccc3)CC2)c2ncc(NCc3cccc(C(F)(F)F)c3)c(=O)n21)B1O[C@@H]2C[C@@H]3C[C@@H](C3(C)C)[C@]2(C)O1. The van der Waals surface area contributed by atoms with Crippen molar-refractivity contribution < 1.29 is 41.6 Å². The second kappa shape index (κ2) is 16.1. The predicted molar refractivity (Wildman–Crippen MR) is 220 cm³/mol. The Balaban J connectivity index is 0.992. The van der Waals surface area contributed by atoms with Crippen molar-refractivity contribution in [2.45, 2.75) is 115 Å². The number of ether oxygens (including phenoxy) is 1. The van der Waals surface area contributed by atoms with Crippen LogP contribution in [0.5, 0.6) is 0 Å². The van der Waals surface area contributed by atoms with E-state index in [0.29, 0.717) is 23.8 Å². The molecule has 7 atom stereocenters. The van der Waals surface area contributed by atoms with Gasteiger partial charge in [-0.2, -0.15) is 13.2 Å². The maximum Gasteiger partial charge on any atom is 0.481 e. The fraction of sp³-hybridized carbons (Fsp3) is 0.568. The van der Waals surface area contributed by atoms with E-state index in [9.17, 15) is 32.3 Å². The molecule has 2 saturated heterocycles. The zero-order valence-corrected chi connectivity index (χ0v) is 35.3. The number of piperazine rings is 1.